The fourth-order valence-corrected chi connectivity index (χ4v) is 1.62. The molecule has 0 heterocycles. The molecule has 5 heteroatoms. The van der Waals surface area contributed by atoms with Crippen LogP contribution >= 0.6 is 0 Å². The van der Waals surface area contributed by atoms with E-state index in [9.17, 15) is 9.59 Å². The average molecular weight is 277 g/mol. The van der Waals surface area contributed by atoms with Gasteiger partial charge in [-0.25, -0.2) is 0 Å². The van der Waals surface area contributed by atoms with Crippen LogP contribution in [0.25, 0.3) is 0 Å². The summed E-state index contributed by atoms with van der Waals surface area (Å²) in [5.74, 6) is -0.111. The van der Waals surface area contributed by atoms with Crippen LogP contribution in [0.4, 0.5) is 0 Å². The highest BCUT2D eigenvalue weighted by Crippen LogP contribution is 1.98. The summed E-state index contributed by atoms with van der Waals surface area (Å²) in [5.41, 5.74) is 0.970. The van der Waals surface area contributed by atoms with Gasteiger partial charge in [-0.2, -0.15) is 0 Å². The summed E-state index contributed by atoms with van der Waals surface area (Å²) in [6, 6.07) is 9.78. The van der Waals surface area contributed by atoms with Gasteiger partial charge in [0, 0.05) is 25.6 Å². The molecule has 1 atom stereocenters. The van der Waals surface area contributed by atoms with E-state index in [-0.39, 0.29) is 17.9 Å². The number of hydrogen-bond acceptors (Lipinski definition) is 3. The first-order chi connectivity index (χ1) is 9.61. The van der Waals surface area contributed by atoms with Crippen LogP contribution < -0.4 is 16.0 Å². The SMILES string of the molecule is CNC(C)CNC(=O)CCNC(=O)Cc1ccccc1. The summed E-state index contributed by atoms with van der Waals surface area (Å²) in [6.45, 7) is 2.95. The molecular formula is C15H23N3O2. The van der Waals surface area contributed by atoms with Crippen molar-refractivity contribution in [1.29, 1.82) is 0 Å². The van der Waals surface area contributed by atoms with Crippen LogP contribution in [-0.2, 0) is 16.0 Å². The van der Waals surface area contributed by atoms with Gasteiger partial charge in [0.1, 0.15) is 0 Å². The molecule has 1 aromatic rings. The second-order valence-electron chi connectivity index (χ2n) is 4.76. The lowest BCUT2D eigenvalue weighted by Crippen LogP contribution is -2.38. The lowest BCUT2D eigenvalue weighted by Gasteiger charge is -2.11. The molecule has 0 saturated heterocycles. The Morgan fingerprint density at radius 2 is 1.80 bits per heavy atom. The normalized spacial score (nSPS) is 11.7. The molecule has 0 aromatic heterocycles. The van der Waals surface area contributed by atoms with E-state index in [2.05, 4.69) is 16.0 Å². The third-order valence-electron chi connectivity index (χ3n) is 2.98. The van der Waals surface area contributed by atoms with E-state index in [0.29, 0.717) is 25.9 Å². The first-order valence-electron chi connectivity index (χ1n) is 6.86. The largest absolute Gasteiger partial charge is 0.355 e. The van der Waals surface area contributed by atoms with Gasteiger partial charge in [0.15, 0.2) is 0 Å². The van der Waals surface area contributed by atoms with Crippen molar-refractivity contribution in [1.82, 2.24) is 16.0 Å². The first-order valence-corrected chi connectivity index (χ1v) is 6.86. The predicted octanol–water partition coefficient (Wildman–Crippen LogP) is 0.460. The average Bonchev–Trinajstić information content (AvgIpc) is 2.45. The standard InChI is InChI=1S/C15H23N3O2/c1-12(16-2)11-18-14(19)8-9-17-15(20)10-13-6-4-3-5-7-13/h3-7,12,16H,8-11H2,1-2H3,(H,17,20)(H,18,19). The molecule has 1 rings (SSSR count). The molecule has 0 spiro atoms. The summed E-state index contributed by atoms with van der Waals surface area (Å²) < 4.78 is 0. The molecule has 0 bridgehead atoms. The van der Waals surface area contributed by atoms with Gasteiger partial charge < -0.3 is 16.0 Å². The van der Waals surface area contributed by atoms with Crippen molar-refractivity contribution in [2.45, 2.75) is 25.8 Å². The molecule has 20 heavy (non-hydrogen) atoms. The second-order valence-corrected chi connectivity index (χ2v) is 4.76. The molecule has 3 N–H and O–H groups in total. The summed E-state index contributed by atoms with van der Waals surface area (Å²) in [5, 5.41) is 8.59. The maximum atomic E-state index is 11.7. The van der Waals surface area contributed by atoms with Gasteiger partial charge in [-0.3, -0.25) is 9.59 Å². The van der Waals surface area contributed by atoms with E-state index < -0.39 is 0 Å². The Balaban J connectivity index is 2.14. The highest BCUT2D eigenvalue weighted by atomic mass is 16.2. The molecule has 5 nitrogen and oxygen atoms in total. The fraction of sp³-hybridized carbons (Fsp3) is 0.467. The molecule has 0 fully saturated rings. The van der Waals surface area contributed by atoms with Gasteiger partial charge in [0.25, 0.3) is 0 Å². The van der Waals surface area contributed by atoms with Crippen molar-refractivity contribution in [3.63, 3.8) is 0 Å². The number of likely N-dealkylation sites (N-methyl/N-ethyl adjacent to an activating group) is 1. The molecule has 1 unspecified atom stereocenters. The van der Waals surface area contributed by atoms with E-state index in [4.69, 9.17) is 0 Å². The van der Waals surface area contributed by atoms with E-state index in [1.165, 1.54) is 0 Å². The number of carbonyl (C=O) groups is 2. The fourth-order valence-electron chi connectivity index (χ4n) is 1.62. The Bertz CT molecular complexity index is 420. The van der Waals surface area contributed by atoms with E-state index >= 15 is 0 Å². The molecule has 0 aliphatic rings. The minimum atomic E-state index is -0.0624. The third kappa shape index (κ3) is 6.89. The molecule has 0 aliphatic carbocycles. The van der Waals surface area contributed by atoms with Crippen molar-refractivity contribution in [3.05, 3.63) is 35.9 Å². The summed E-state index contributed by atoms with van der Waals surface area (Å²) in [7, 11) is 1.85. The van der Waals surface area contributed by atoms with Crippen molar-refractivity contribution >= 4 is 11.8 Å². The molecule has 0 saturated carbocycles. The lowest BCUT2D eigenvalue weighted by molar-refractivity contribution is -0.122. The van der Waals surface area contributed by atoms with E-state index in [0.717, 1.165) is 5.56 Å². The first kappa shape index (κ1) is 16.2. The molecule has 110 valence electrons. The van der Waals surface area contributed by atoms with Gasteiger partial charge in [0.2, 0.25) is 11.8 Å². The minimum Gasteiger partial charge on any atom is -0.355 e. The topological polar surface area (TPSA) is 70.2 Å². The van der Waals surface area contributed by atoms with E-state index in [1.807, 2.05) is 44.3 Å². The van der Waals surface area contributed by atoms with Crippen LogP contribution in [0, 0.1) is 0 Å². The Kier molecular flexibility index (Phi) is 7.35. The van der Waals surface area contributed by atoms with Crippen molar-refractivity contribution in [3.8, 4) is 0 Å². The molecule has 0 radical (unpaired) electrons. The quantitative estimate of drug-likeness (QED) is 0.646. The zero-order valence-corrected chi connectivity index (χ0v) is 12.1. The third-order valence-corrected chi connectivity index (χ3v) is 2.98. The van der Waals surface area contributed by atoms with Crippen LogP contribution in [0.2, 0.25) is 0 Å². The van der Waals surface area contributed by atoms with Crippen molar-refractivity contribution in [2.75, 3.05) is 20.1 Å². The number of nitrogens with one attached hydrogen (secondary N) is 3. The van der Waals surface area contributed by atoms with Crippen LogP contribution in [0.15, 0.2) is 30.3 Å². The van der Waals surface area contributed by atoms with Crippen molar-refractivity contribution in [2.24, 2.45) is 0 Å². The highest BCUT2D eigenvalue weighted by Gasteiger charge is 2.06. The van der Waals surface area contributed by atoms with Gasteiger partial charge >= 0.3 is 0 Å². The molecule has 2 amide bonds. The van der Waals surface area contributed by atoms with Gasteiger partial charge in [-0.15, -0.1) is 0 Å². The molecule has 1 aromatic carbocycles. The molecule has 0 aliphatic heterocycles. The summed E-state index contributed by atoms with van der Waals surface area (Å²) in [4.78, 5) is 23.2. The van der Waals surface area contributed by atoms with E-state index in [1.54, 1.807) is 0 Å². The Hall–Kier alpha value is -1.88. The van der Waals surface area contributed by atoms with Crippen molar-refractivity contribution < 1.29 is 9.59 Å². The Labute approximate surface area is 120 Å². The van der Waals surface area contributed by atoms with Crippen LogP contribution in [-0.4, -0.2) is 38.0 Å². The minimum absolute atomic E-state index is 0.0490. The highest BCUT2D eigenvalue weighted by molar-refractivity contribution is 5.80. The molecular weight excluding hydrogens is 254 g/mol. The smallest absolute Gasteiger partial charge is 0.224 e. The van der Waals surface area contributed by atoms with Gasteiger partial charge in [-0.1, -0.05) is 30.3 Å². The van der Waals surface area contributed by atoms with Crippen LogP contribution in [0.1, 0.15) is 18.9 Å². The van der Waals surface area contributed by atoms with Crippen LogP contribution in [0.3, 0.4) is 0 Å². The monoisotopic (exact) mass is 277 g/mol. The predicted molar refractivity (Wildman–Crippen MR) is 79.3 cm³/mol. The Morgan fingerprint density at radius 3 is 2.45 bits per heavy atom. The second kappa shape index (κ2) is 9.09. The summed E-state index contributed by atoms with van der Waals surface area (Å²) in [6.07, 6.45) is 0.649. The van der Waals surface area contributed by atoms with Gasteiger partial charge in [-0.05, 0) is 19.5 Å². The Morgan fingerprint density at radius 1 is 1.10 bits per heavy atom. The maximum absolute atomic E-state index is 11.7. The zero-order valence-electron chi connectivity index (χ0n) is 12.1. The number of carbonyl (C=O) groups excluding carboxylic acids is 2. The lowest BCUT2D eigenvalue weighted by atomic mass is 10.1. The zero-order chi connectivity index (χ0) is 14.8. The van der Waals surface area contributed by atoms with Crippen LogP contribution in [0.5, 0.6) is 0 Å². The maximum Gasteiger partial charge on any atom is 0.224 e. The number of benzene rings is 1. The van der Waals surface area contributed by atoms with Gasteiger partial charge in [0.05, 0.1) is 6.42 Å². The number of rotatable bonds is 8. The number of hydrogen-bond donors (Lipinski definition) is 3. The number of amides is 2. The summed E-state index contributed by atoms with van der Waals surface area (Å²) >= 11 is 0.